The highest BCUT2D eigenvalue weighted by Crippen LogP contribution is 2.64. The van der Waals surface area contributed by atoms with Crippen LogP contribution in [0.2, 0.25) is 0 Å². The molecule has 0 aliphatic heterocycles. The van der Waals surface area contributed by atoms with Crippen LogP contribution in [0.3, 0.4) is 0 Å². The van der Waals surface area contributed by atoms with Gasteiger partial charge < -0.3 is 10.1 Å². The molecule has 0 saturated heterocycles. The van der Waals surface area contributed by atoms with E-state index in [-0.39, 0.29) is 17.8 Å². The topological polar surface area (TPSA) is 98.5 Å². The van der Waals surface area contributed by atoms with Crippen LogP contribution < -0.4 is 5.32 Å². The Hall–Kier alpha value is -1.86. The van der Waals surface area contributed by atoms with Gasteiger partial charge in [0.05, 0.1) is 4.92 Å². The SMILES string of the molecule is C[C@@]1(C(=O)OCC(=O)Nc2ccccc2[N+](=O)[O-])CC1(Cl)Cl. The van der Waals surface area contributed by atoms with Crippen LogP contribution >= 0.6 is 23.2 Å². The van der Waals surface area contributed by atoms with Crippen LogP contribution in [0.5, 0.6) is 0 Å². The average molecular weight is 347 g/mol. The second kappa shape index (κ2) is 5.73. The normalized spacial score (nSPS) is 21.8. The van der Waals surface area contributed by atoms with E-state index in [9.17, 15) is 19.7 Å². The lowest BCUT2D eigenvalue weighted by Crippen LogP contribution is -2.27. The number of nitro benzene ring substituents is 1. The van der Waals surface area contributed by atoms with Crippen LogP contribution in [0, 0.1) is 15.5 Å². The van der Waals surface area contributed by atoms with Crippen LogP contribution in [-0.4, -0.2) is 27.7 Å². The third-order valence-electron chi connectivity index (χ3n) is 3.42. The summed E-state index contributed by atoms with van der Waals surface area (Å²) >= 11 is 11.7. The van der Waals surface area contributed by atoms with Crippen molar-refractivity contribution in [3.63, 3.8) is 0 Å². The van der Waals surface area contributed by atoms with E-state index in [1.165, 1.54) is 31.2 Å². The first-order valence-corrected chi connectivity index (χ1v) is 7.01. The molecule has 1 fully saturated rings. The van der Waals surface area contributed by atoms with Gasteiger partial charge in [-0.05, 0) is 13.0 Å². The smallest absolute Gasteiger partial charge is 0.315 e. The number of alkyl halides is 2. The molecule has 1 amide bonds. The zero-order valence-electron chi connectivity index (χ0n) is 11.5. The summed E-state index contributed by atoms with van der Waals surface area (Å²) in [6.07, 6.45) is 0.244. The summed E-state index contributed by atoms with van der Waals surface area (Å²) in [6.45, 7) is 0.958. The van der Waals surface area contributed by atoms with E-state index in [1.807, 2.05) is 0 Å². The lowest BCUT2D eigenvalue weighted by Gasteiger charge is -2.11. The number of para-hydroxylation sites is 2. The fourth-order valence-electron chi connectivity index (χ4n) is 1.84. The van der Waals surface area contributed by atoms with Crippen molar-refractivity contribution in [2.45, 2.75) is 17.7 Å². The Labute approximate surface area is 135 Å². The highest BCUT2D eigenvalue weighted by Gasteiger charge is 2.69. The summed E-state index contributed by atoms with van der Waals surface area (Å²) in [5, 5.41) is 13.1. The molecule has 1 aliphatic rings. The molecule has 1 saturated carbocycles. The van der Waals surface area contributed by atoms with Crippen molar-refractivity contribution in [1.82, 2.24) is 0 Å². The molecule has 0 unspecified atom stereocenters. The molecular formula is C13H12Cl2N2O5. The van der Waals surface area contributed by atoms with Crippen molar-refractivity contribution >= 4 is 46.5 Å². The summed E-state index contributed by atoms with van der Waals surface area (Å²) in [7, 11) is 0. The van der Waals surface area contributed by atoms with Crippen LogP contribution in [0.1, 0.15) is 13.3 Å². The molecular weight excluding hydrogens is 335 g/mol. The molecule has 0 aromatic heterocycles. The Kier molecular flexibility index (Phi) is 4.30. The molecule has 22 heavy (non-hydrogen) atoms. The van der Waals surface area contributed by atoms with E-state index >= 15 is 0 Å². The molecule has 0 radical (unpaired) electrons. The molecule has 1 N–H and O–H groups in total. The van der Waals surface area contributed by atoms with Crippen molar-refractivity contribution in [3.8, 4) is 0 Å². The van der Waals surface area contributed by atoms with E-state index in [0.717, 1.165) is 0 Å². The number of carbonyl (C=O) groups is 2. The minimum atomic E-state index is -1.18. The van der Waals surface area contributed by atoms with Crippen molar-refractivity contribution in [2.24, 2.45) is 5.41 Å². The Morgan fingerprint density at radius 3 is 2.55 bits per heavy atom. The number of ether oxygens (including phenoxy) is 1. The van der Waals surface area contributed by atoms with E-state index in [4.69, 9.17) is 27.9 Å². The summed E-state index contributed by atoms with van der Waals surface area (Å²) in [4.78, 5) is 33.7. The number of halogens is 2. The quantitative estimate of drug-likeness (QED) is 0.382. The van der Waals surface area contributed by atoms with Gasteiger partial charge in [-0.25, -0.2) is 0 Å². The van der Waals surface area contributed by atoms with Crippen molar-refractivity contribution in [1.29, 1.82) is 0 Å². The lowest BCUT2D eigenvalue weighted by molar-refractivity contribution is -0.383. The third-order valence-corrected chi connectivity index (χ3v) is 4.52. The number of hydrogen-bond acceptors (Lipinski definition) is 5. The van der Waals surface area contributed by atoms with Gasteiger partial charge in [0.15, 0.2) is 6.61 Å². The van der Waals surface area contributed by atoms with Crippen LogP contribution in [0.4, 0.5) is 11.4 Å². The van der Waals surface area contributed by atoms with E-state index in [2.05, 4.69) is 5.32 Å². The summed E-state index contributed by atoms with van der Waals surface area (Å²) < 4.78 is 3.67. The molecule has 9 heteroatoms. The second-order valence-corrected chi connectivity index (χ2v) is 6.60. The highest BCUT2D eigenvalue weighted by atomic mass is 35.5. The minimum absolute atomic E-state index is 0.0233. The molecule has 0 spiro atoms. The molecule has 1 aliphatic carbocycles. The zero-order chi connectivity index (χ0) is 16.5. The Morgan fingerprint density at radius 2 is 2.00 bits per heavy atom. The van der Waals surface area contributed by atoms with Gasteiger partial charge in [-0.1, -0.05) is 12.1 Å². The predicted molar refractivity (Wildman–Crippen MR) is 79.8 cm³/mol. The molecule has 7 nitrogen and oxygen atoms in total. The number of benzene rings is 1. The third kappa shape index (κ3) is 3.15. The Morgan fingerprint density at radius 1 is 1.41 bits per heavy atom. The Bertz CT molecular complexity index is 649. The van der Waals surface area contributed by atoms with Crippen molar-refractivity contribution < 1.29 is 19.2 Å². The molecule has 1 aromatic carbocycles. The second-order valence-electron chi connectivity index (χ2n) is 5.11. The van der Waals surface area contributed by atoms with Gasteiger partial charge in [0.1, 0.15) is 15.4 Å². The minimum Gasteiger partial charge on any atom is -0.455 e. The number of amides is 1. The number of esters is 1. The molecule has 118 valence electrons. The van der Waals surface area contributed by atoms with E-state index < -0.39 is 33.2 Å². The molecule has 2 rings (SSSR count). The van der Waals surface area contributed by atoms with Gasteiger partial charge in [0.2, 0.25) is 0 Å². The monoisotopic (exact) mass is 346 g/mol. The number of carbonyl (C=O) groups excluding carboxylic acids is 2. The zero-order valence-corrected chi connectivity index (χ0v) is 13.0. The maximum Gasteiger partial charge on any atom is 0.315 e. The number of nitro groups is 1. The number of nitrogens with one attached hydrogen (secondary N) is 1. The standard InChI is InChI=1S/C13H12Cl2N2O5/c1-12(7-13(12,14)15)11(19)22-6-10(18)16-8-4-2-3-5-9(8)17(20)21/h2-5H,6-7H2,1H3,(H,16,18)/t12-/m0/s1. The number of nitrogens with zero attached hydrogens (tertiary/aromatic N) is 1. The fraction of sp³-hybridized carbons (Fsp3) is 0.385. The summed E-state index contributed by atoms with van der Waals surface area (Å²) in [5.74, 6) is -1.38. The predicted octanol–water partition coefficient (Wildman–Crippen LogP) is 2.66. The molecule has 0 heterocycles. The Balaban J connectivity index is 1.92. The van der Waals surface area contributed by atoms with Gasteiger partial charge in [0, 0.05) is 12.5 Å². The first-order chi connectivity index (χ1) is 10.2. The van der Waals surface area contributed by atoms with Crippen LogP contribution in [0.15, 0.2) is 24.3 Å². The maximum atomic E-state index is 11.8. The van der Waals surface area contributed by atoms with Crippen LogP contribution in [0.25, 0.3) is 0 Å². The van der Waals surface area contributed by atoms with Gasteiger partial charge in [0.25, 0.3) is 11.6 Å². The lowest BCUT2D eigenvalue weighted by atomic mass is 10.1. The highest BCUT2D eigenvalue weighted by molar-refractivity contribution is 6.53. The van der Waals surface area contributed by atoms with Gasteiger partial charge in [-0.3, -0.25) is 19.7 Å². The average Bonchev–Trinajstić information content (AvgIpc) is 2.96. The van der Waals surface area contributed by atoms with Crippen molar-refractivity contribution in [3.05, 3.63) is 34.4 Å². The van der Waals surface area contributed by atoms with Crippen molar-refractivity contribution in [2.75, 3.05) is 11.9 Å². The first-order valence-electron chi connectivity index (χ1n) is 6.26. The van der Waals surface area contributed by atoms with Gasteiger partial charge >= 0.3 is 5.97 Å². The number of rotatable bonds is 5. The summed E-state index contributed by atoms with van der Waals surface area (Å²) in [6, 6.07) is 5.64. The van der Waals surface area contributed by atoms with Gasteiger partial charge in [-0.15, -0.1) is 23.2 Å². The first kappa shape index (κ1) is 16.5. The maximum absolute atomic E-state index is 11.8. The van der Waals surface area contributed by atoms with E-state index in [0.29, 0.717) is 0 Å². The largest absolute Gasteiger partial charge is 0.455 e. The number of anilines is 1. The number of hydrogen-bond donors (Lipinski definition) is 1. The molecule has 0 bridgehead atoms. The molecule has 1 atom stereocenters. The van der Waals surface area contributed by atoms with E-state index in [1.54, 1.807) is 0 Å². The van der Waals surface area contributed by atoms with Crippen LogP contribution in [-0.2, 0) is 14.3 Å². The van der Waals surface area contributed by atoms with Gasteiger partial charge in [-0.2, -0.15) is 0 Å². The summed E-state index contributed by atoms with van der Waals surface area (Å²) in [5.41, 5.74) is -1.26. The fourth-order valence-corrected chi connectivity index (χ4v) is 2.53. The molecule has 1 aromatic rings.